The first kappa shape index (κ1) is 21.8. The summed E-state index contributed by atoms with van der Waals surface area (Å²) in [6.45, 7) is 2.08. The molecule has 0 radical (unpaired) electrons. The van der Waals surface area contributed by atoms with E-state index in [1.54, 1.807) is 38.2 Å². The Kier molecular flexibility index (Phi) is 6.47. The Bertz CT molecular complexity index is 1050. The molecule has 0 unspecified atom stereocenters. The smallest absolute Gasteiger partial charge is 0.354 e. The maximum atomic E-state index is 13.2. The summed E-state index contributed by atoms with van der Waals surface area (Å²) in [5.74, 6) is -0.546. The number of carbonyl (C=O) groups excluding carboxylic acids is 2. The van der Waals surface area contributed by atoms with Crippen molar-refractivity contribution < 1.29 is 27.5 Å². The summed E-state index contributed by atoms with van der Waals surface area (Å²) >= 11 is 0. The van der Waals surface area contributed by atoms with E-state index in [9.17, 15) is 18.0 Å². The van der Waals surface area contributed by atoms with Crippen molar-refractivity contribution >= 4 is 27.6 Å². The fourth-order valence-electron chi connectivity index (χ4n) is 3.47. The van der Waals surface area contributed by atoms with E-state index in [0.29, 0.717) is 24.3 Å². The molecule has 3 rings (SSSR count). The molecule has 1 aliphatic heterocycles. The highest BCUT2D eigenvalue weighted by Gasteiger charge is 2.40. The van der Waals surface area contributed by atoms with E-state index in [1.165, 1.54) is 28.2 Å². The molecule has 0 saturated carbocycles. The average Bonchev–Trinajstić information content (AvgIpc) is 3.36. The van der Waals surface area contributed by atoms with E-state index in [0.717, 1.165) is 0 Å². The molecular weight excluding hydrogens is 410 g/mol. The maximum absolute atomic E-state index is 13.2. The van der Waals surface area contributed by atoms with Crippen LogP contribution in [0.15, 0.2) is 41.4 Å². The van der Waals surface area contributed by atoms with E-state index in [4.69, 9.17) is 9.47 Å². The largest absolute Gasteiger partial charge is 0.495 e. The standard InChI is InChI=1S/C20H25N3O6S/c1-4-29-20(25)17-12-14(13-22(17)2)30(26,27)23-11-7-9-16(23)19(24)21-15-8-5-6-10-18(15)28-3/h5-6,8,10,12-13,16H,4,7,9,11H2,1-3H3,(H,21,24)/t16-/m0/s1. The Morgan fingerprint density at radius 1 is 1.27 bits per heavy atom. The number of amides is 1. The predicted molar refractivity (Wildman–Crippen MR) is 110 cm³/mol. The van der Waals surface area contributed by atoms with Crippen molar-refractivity contribution in [1.82, 2.24) is 8.87 Å². The summed E-state index contributed by atoms with van der Waals surface area (Å²) in [5.41, 5.74) is 0.600. The molecule has 1 saturated heterocycles. The van der Waals surface area contributed by atoms with E-state index in [1.807, 2.05) is 0 Å². The van der Waals surface area contributed by atoms with Gasteiger partial charge in [0.25, 0.3) is 0 Å². The zero-order valence-corrected chi connectivity index (χ0v) is 17.9. The molecule has 0 spiro atoms. The van der Waals surface area contributed by atoms with Crippen molar-refractivity contribution in [2.24, 2.45) is 7.05 Å². The van der Waals surface area contributed by atoms with Crippen molar-refractivity contribution in [3.8, 4) is 5.75 Å². The lowest BCUT2D eigenvalue weighted by molar-refractivity contribution is -0.119. The minimum absolute atomic E-state index is 0.0509. The molecule has 1 atom stereocenters. The number of hydrogen-bond acceptors (Lipinski definition) is 6. The normalized spacial score (nSPS) is 17.0. The van der Waals surface area contributed by atoms with Crippen LogP contribution in [-0.4, -0.2) is 55.5 Å². The first-order valence-electron chi connectivity index (χ1n) is 9.58. The third-order valence-electron chi connectivity index (χ3n) is 4.94. The third-order valence-corrected chi connectivity index (χ3v) is 6.82. The van der Waals surface area contributed by atoms with Gasteiger partial charge in [0.15, 0.2) is 0 Å². The lowest BCUT2D eigenvalue weighted by Crippen LogP contribution is -2.43. The number of nitrogens with one attached hydrogen (secondary N) is 1. The maximum Gasteiger partial charge on any atom is 0.354 e. The van der Waals surface area contributed by atoms with Crippen LogP contribution in [0.5, 0.6) is 5.75 Å². The number of sulfonamides is 1. The second-order valence-corrected chi connectivity index (χ2v) is 8.75. The van der Waals surface area contributed by atoms with Crippen LogP contribution in [0.3, 0.4) is 0 Å². The minimum atomic E-state index is -3.98. The number of nitrogens with zero attached hydrogens (tertiary/aromatic N) is 2. The van der Waals surface area contributed by atoms with E-state index < -0.39 is 27.9 Å². The number of rotatable bonds is 7. The molecule has 162 valence electrons. The van der Waals surface area contributed by atoms with Gasteiger partial charge in [-0.1, -0.05) is 12.1 Å². The van der Waals surface area contributed by atoms with Gasteiger partial charge in [-0.25, -0.2) is 13.2 Å². The van der Waals surface area contributed by atoms with Crippen LogP contribution in [0.1, 0.15) is 30.3 Å². The van der Waals surface area contributed by atoms with Gasteiger partial charge in [0.1, 0.15) is 22.4 Å². The zero-order chi connectivity index (χ0) is 21.9. The fraction of sp³-hybridized carbons (Fsp3) is 0.400. The molecule has 1 aromatic heterocycles. The second-order valence-electron chi connectivity index (χ2n) is 6.86. The molecule has 0 bridgehead atoms. The molecule has 1 fully saturated rings. The molecule has 2 aromatic rings. The summed E-state index contributed by atoms with van der Waals surface area (Å²) in [5, 5.41) is 2.76. The number of methoxy groups -OCH3 is 1. The van der Waals surface area contributed by atoms with Gasteiger partial charge >= 0.3 is 5.97 Å². The van der Waals surface area contributed by atoms with Crippen LogP contribution in [0.25, 0.3) is 0 Å². The Balaban J connectivity index is 1.84. The van der Waals surface area contributed by atoms with Gasteiger partial charge in [-0.2, -0.15) is 4.31 Å². The molecule has 10 heteroatoms. The Morgan fingerprint density at radius 3 is 2.70 bits per heavy atom. The lowest BCUT2D eigenvalue weighted by Gasteiger charge is -2.23. The van der Waals surface area contributed by atoms with Gasteiger partial charge in [0.05, 0.1) is 19.4 Å². The topological polar surface area (TPSA) is 107 Å². The monoisotopic (exact) mass is 435 g/mol. The van der Waals surface area contributed by atoms with Crippen molar-refractivity contribution in [3.05, 3.63) is 42.2 Å². The SMILES string of the molecule is CCOC(=O)c1cc(S(=O)(=O)N2CCC[C@H]2C(=O)Nc2ccccc2OC)cn1C. The Morgan fingerprint density at radius 2 is 2.00 bits per heavy atom. The number of carbonyl (C=O) groups is 2. The molecule has 1 N–H and O–H groups in total. The van der Waals surface area contributed by atoms with Crippen LogP contribution >= 0.6 is 0 Å². The van der Waals surface area contributed by atoms with Gasteiger partial charge < -0.3 is 19.4 Å². The van der Waals surface area contributed by atoms with E-state index >= 15 is 0 Å². The van der Waals surface area contributed by atoms with Crippen molar-refractivity contribution in [3.63, 3.8) is 0 Å². The first-order chi connectivity index (χ1) is 14.3. The summed E-state index contributed by atoms with van der Waals surface area (Å²) < 4.78 is 39.2. The zero-order valence-electron chi connectivity index (χ0n) is 17.1. The van der Waals surface area contributed by atoms with E-state index in [2.05, 4.69) is 5.32 Å². The summed E-state index contributed by atoms with van der Waals surface area (Å²) in [7, 11) is -0.914. The molecule has 9 nitrogen and oxygen atoms in total. The van der Waals surface area contributed by atoms with Crippen molar-refractivity contribution in [2.75, 3.05) is 25.6 Å². The lowest BCUT2D eigenvalue weighted by atomic mass is 10.2. The number of aryl methyl sites for hydroxylation is 1. The van der Waals surface area contributed by atoms with Crippen LogP contribution < -0.4 is 10.1 Å². The Hall–Kier alpha value is -2.85. The molecule has 30 heavy (non-hydrogen) atoms. The van der Waals surface area contributed by atoms with Gasteiger partial charge in [0, 0.05) is 19.8 Å². The molecule has 2 heterocycles. The average molecular weight is 436 g/mol. The second kappa shape index (κ2) is 8.88. The molecular formula is C20H25N3O6S. The van der Waals surface area contributed by atoms with Gasteiger partial charge in [-0.05, 0) is 38.0 Å². The summed E-state index contributed by atoms with van der Waals surface area (Å²) in [4.78, 5) is 24.9. The number of ether oxygens (including phenoxy) is 2. The highest BCUT2D eigenvalue weighted by molar-refractivity contribution is 7.89. The highest BCUT2D eigenvalue weighted by Crippen LogP contribution is 2.29. The van der Waals surface area contributed by atoms with Gasteiger partial charge in [-0.3, -0.25) is 4.79 Å². The molecule has 1 amide bonds. The first-order valence-corrected chi connectivity index (χ1v) is 11.0. The highest BCUT2D eigenvalue weighted by atomic mass is 32.2. The van der Waals surface area contributed by atoms with Crippen LogP contribution in [0.2, 0.25) is 0 Å². The van der Waals surface area contributed by atoms with Crippen LogP contribution in [0, 0.1) is 0 Å². The summed E-state index contributed by atoms with van der Waals surface area (Å²) in [6.07, 6.45) is 2.31. The summed E-state index contributed by atoms with van der Waals surface area (Å²) in [6, 6.07) is 7.35. The van der Waals surface area contributed by atoms with Crippen molar-refractivity contribution in [2.45, 2.75) is 30.7 Å². The van der Waals surface area contributed by atoms with Crippen LogP contribution in [-0.2, 0) is 26.6 Å². The van der Waals surface area contributed by atoms with Gasteiger partial charge in [0.2, 0.25) is 15.9 Å². The van der Waals surface area contributed by atoms with Crippen LogP contribution in [0.4, 0.5) is 5.69 Å². The van der Waals surface area contributed by atoms with E-state index in [-0.39, 0.29) is 23.7 Å². The molecule has 0 aliphatic carbocycles. The van der Waals surface area contributed by atoms with Crippen molar-refractivity contribution in [1.29, 1.82) is 0 Å². The van der Waals surface area contributed by atoms with Gasteiger partial charge in [-0.15, -0.1) is 0 Å². The minimum Gasteiger partial charge on any atom is -0.495 e. The number of para-hydroxylation sites is 2. The third kappa shape index (κ3) is 4.19. The number of anilines is 1. The fourth-order valence-corrected chi connectivity index (χ4v) is 5.20. The number of benzene rings is 1. The number of esters is 1. The number of hydrogen-bond donors (Lipinski definition) is 1. The number of aromatic nitrogens is 1. The Labute approximate surface area is 175 Å². The quantitative estimate of drug-likeness (QED) is 0.667. The molecule has 1 aromatic carbocycles. The predicted octanol–water partition coefficient (Wildman–Crippen LogP) is 2.00. The molecule has 1 aliphatic rings.